The molecule has 1 heterocycles. The van der Waals surface area contributed by atoms with E-state index in [9.17, 15) is 0 Å². The lowest BCUT2D eigenvalue weighted by atomic mass is 10.2. The summed E-state index contributed by atoms with van der Waals surface area (Å²) in [7, 11) is 1.96. The van der Waals surface area contributed by atoms with Gasteiger partial charge in [0.15, 0.2) is 5.82 Å². The minimum Gasteiger partial charge on any atom is -0.366 e. The highest BCUT2D eigenvalue weighted by Crippen LogP contribution is 2.30. The van der Waals surface area contributed by atoms with Gasteiger partial charge in [-0.3, -0.25) is 4.68 Å². The van der Waals surface area contributed by atoms with Gasteiger partial charge in [-0.05, 0) is 41.9 Å². The molecule has 0 aliphatic heterocycles. The number of fused-ring (bicyclic) bond motifs is 1. The van der Waals surface area contributed by atoms with Crippen molar-refractivity contribution >= 4 is 32.7 Å². The molecule has 0 amide bonds. The largest absolute Gasteiger partial charge is 0.366 e. The standard InChI is InChI=1S/C11H14BrN3/c1-7(2)13-11-10-8(12)5-4-6-9(10)15(3)14-11/h4-7H,1-3H3,(H,13,14). The zero-order valence-corrected chi connectivity index (χ0v) is 10.7. The van der Waals surface area contributed by atoms with E-state index in [4.69, 9.17) is 0 Å². The highest BCUT2D eigenvalue weighted by atomic mass is 79.9. The fourth-order valence-electron chi connectivity index (χ4n) is 1.65. The summed E-state index contributed by atoms with van der Waals surface area (Å²) < 4.78 is 2.97. The van der Waals surface area contributed by atoms with Gasteiger partial charge in [-0.2, -0.15) is 5.10 Å². The Morgan fingerprint density at radius 2 is 2.13 bits per heavy atom. The number of halogens is 1. The zero-order valence-electron chi connectivity index (χ0n) is 9.08. The SMILES string of the molecule is CC(C)Nc1nn(C)c2cccc(Br)c12. The van der Waals surface area contributed by atoms with Crippen molar-refractivity contribution in [1.29, 1.82) is 0 Å². The summed E-state index contributed by atoms with van der Waals surface area (Å²) in [6.07, 6.45) is 0. The van der Waals surface area contributed by atoms with Crippen molar-refractivity contribution < 1.29 is 0 Å². The first-order chi connectivity index (χ1) is 7.09. The number of aryl methyl sites for hydroxylation is 1. The molecule has 2 aromatic rings. The lowest BCUT2D eigenvalue weighted by Gasteiger charge is -2.06. The molecule has 0 aliphatic carbocycles. The predicted octanol–water partition coefficient (Wildman–Crippen LogP) is 3.16. The molecule has 80 valence electrons. The molecule has 1 aromatic heterocycles. The van der Waals surface area contributed by atoms with E-state index in [1.54, 1.807) is 0 Å². The minimum absolute atomic E-state index is 0.384. The first-order valence-electron chi connectivity index (χ1n) is 4.97. The number of nitrogens with zero attached hydrogens (tertiary/aromatic N) is 2. The first kappa shape index (κ1) is 10.5. The fraction of sp³-hybridized carbons (Fsp3) is 0.364. The van der Waals surface area contributed by atoms with E-state index in [1.807, 2.05) is 23.9 Å². The molecule has 3 nitrogen and oxygen atoms in total. The quantitative estimate of drug-likeness (QED) is 0.906. The second-order valence-electron chi connectivity index (χ2n) is 3.91. The van der Waals surface area contributed by atoms with Gasteiger partial charge in [-0.15, -0.1) is 0 Å². The van der Waals surface area contributed by atoms with Crippen molar-refractivity contribution in [3.05, 3.63) is 22.7 Å². The van der Waals surface area contributed by atoms with Crippen molar-refractivity contribution in [2.45, 2.75) is 19.9 Å². The fourth-order valence-corrected chi connectivity index (χ4v) is 2.19. The molecular weight excluding hydrogens is 254 g/mol. The molecule has 0 radical (unpaired) electrons. The van der Waals surface area contributed by atoms with Crippen LogP contribution in [0.3, 0.4) is 0 Å². The molecule has 15 heavy (non-hydrogen) atoms. The van der Waals surface area contributed by atoms with Crippen LogP contribution in [0.1, 0.15) is 13.8 Å². The van der Waals surface area contributed by atoms with E-state index in [1.165, 1.54) is 0 Å². The van der Waals surface area contributed by atoms with Crippen LogP contribution in [0.5, 0.6) is 0 Å². The average molecular weight is 268 g/mol. The number of rotatable bonds is 2. The number of nitrogens with one attached hydrogen (secondary N) is 1. The van der Waals surface area contributed by atoms with Gasteiger partial charge in [0.2, 0.25) is 0 Å². The maximum absolute atomic E-state index is 4.47. The van der Waals surface area contributed by atoms with Crippen molar-refractivity contribution in [3.8, 4) is 0 Å². The smallest absolute Gasteiger partial charge is 0.157 e. The van der Waals surface area contributed by atoms with Gasteiger partial charge in [-0.1, -0.05) is 6.07 Å². The molecule has 4 heteroatoms. The maximum Gasteiger partial charge on any atom is 0.157 e. The van der Waals surface area contributed by atoms with Gasteiger partial charge in [0.05, 0.1) is 10.9 Å². The molecule has 0 aliphatic rings. The van der Waals surface area contributed by atoms with Crippen LogP contribution in [0.2, 0.25) is 0 Å². The van der Waals surface area contributed by atoms with Crippen molar-refractivity contribution in [2.24, 2.45) is 7.05 Å². The summed E-state index contributed by atoms with van der Waals surface area (Å²) in [4.78, 5) is 0. The van der Waals surface area contributed by atoms with Gasteiger partial charge in [0.1, 0.15) is 0 Å². The van der Waals surface area contributed by atoms with Crippen LogP contribution >= 0.6 is 15.9 Å². The monoisotopic (exact) mass is 267 g/mol. The number of hydrogen-bond acceptors (Lipinski definition) is 2. The van der Waals surface area contributed by atoms with Crippen LogP contribution in [0, 0.1) is 0 Å². The molecular formula is C11H14BrN3. The van der Waals surface area contributed by atoms with Crippen LogP contribution in [-0.2, 0) is 7.05 Å². The Morgan fingerprint density at radius 3 is 2.80 bits per heavy atom. The van der Waals surface area contributed by atoms with Crippen molar-refractivity contribution in [3.63, 3.8) is 0 Å². The van der Waals surface area contributed by atoms with Crippen LogP contribution < -0.4 is 5.32 Å². The Hall–Kier alpha value is -1.03. The topological polar surface area (TPSA) is 29.9 Å². The summed E-state index contributed by atoms with van der Waals surface area (Å²) in [5.74, 6) is 0.940. The number of hydrogen-bond donors (Lipinski definition) is 1. The van der Waals surface area contributed by atoms with E-state index in [0.717, 1.165) is 21.2 Å². The normalized spacial score (nSPS) is 11.3. The molecule has 0 saturated heterocycles. The highest BCUT2D eigenvalue weighted by Gasteiger charge is 2.11. The zero-order chi connectivity index (χ0) is 11.0. The van der Waals surface area contributed by atoms with E-state index < -0.39 is 0 Å². The molecule has 1 N–H and O–H groups in total. The minimum atomic E-state index is 0.384. The Bertz CT molecular complexity index is 488. The van der Waals surface area contributed by atoms with E-state index >= 15 is 0 Å². The molecule has 0 spiro atoms. The molecule has 1 aromatic carbocycles. The van der Waals surface area contributed by atoms with Gasteiger partial charge in [0.25, 0.3) is 0 Å². The van der Waals surface area contributed by atoms with Gasteiger partial charge >= 0.3 is 0 Å². The Kier molecular flexibility index (Phi) is 2.69. The van der Waals surface area contributed by atoms with Crippen LogP contribution in [-0.4, -0.2) is 15.8 Å². The predicted molar refractivity (Wildman–Crippen MR) is 67.2 cm³/mol. The molecule has 0 bridgehead atoms. The Labute approximate surface area is 97.6 Å². The van der Waals surface area contributed by atoms with Crippen LogP contribution in [0.25, 0.3) is 10.9 Å². The van der Waals surface area contributed by atoms with Gasteiger partial charge in [-0.25, -0.2) is 0 Å². The third-order valence-electron chi connectivity index (χ3n) is 2.25. The summed E-state index contributed by atoms with van der Waals surface area (Å²) in [5, 5.41) is 8.96. The van der Waals surface area contributed by atoms with E-state index in [-0.39, 0.29) is 0 Å². The van der Waals surface area contributed by atoms with Crippen LogP contribution in [0.15, 0.2) is 22.7 Å². The Morgan fingerprint density at radius 1 is 1.40 bits per heavy atom. The Balaban J connectivity index is 2.65. The summed E-state index contributed by atoms with van der Waals surface area (Å²) in [6, 6.07) is 6.51. The van der Waals surface area contributed by atoms with E-state index in [0.29, 0.717) is 6.04 Å². The second-order valence-corrected chi connectivity index (χ2v) is 4.76. The molecule has 0 atom stereocenters. The summed E-state index contributed by atoms with van der Waals surface area (Å²) >= 11 is 3.56. The second kappa shape index (κ2) is 3.85. The number of anilines is 1. The molecule has 0 unspecified atom stereocenters. The third kappa shape index (κ3) is 1.86. The number of aromatic nitrogens is 2. The van der Waals surface area contributed by atoms with Crippen molar-refractivity contribution in [2.75, 3.05) is 5.32 Å². The first-order valence-corrected chi connectivity index (χ1v) is 5.76. The lowest BCUT2D eigenvalue weighted by Crippen LogP contribution is -2.10. The highest BCUT2D eigenvalue weighted by molar-refractivity contribution is 9.10. The van der Waals surface area contributed by atoms with E-state index in [2.05, 4.69) is 46.3 Å². The number of benzene rings is 1. The van der Waals surface area contributed by atoms with Gasteiger partial charge < -0.3 is 5.32 Å². The van der Waals surface area contributed by atoms with Gasteiger partial charge in [0, 0.05) is 17.6 Å². The lowest BCUT2D eigenvalue weighted by molar-refractivity contribution is 0.786. The molecule has 2 rings (SSSR count). The average Bonchev–Trinajstić information content (AvgIpc) is 2.44. The van der Waals surface area contributed by atoms with Crippen LogP contribution in [0.4, 0.5) is 5.82 Å². The molecule has 0 fully saturated rings. The third-order valence-corrected chi connectivity index (χ3v) is 2.91. The van der Waals surface area contributed by atoms with Crippen molar-refractivity contribution in [1.82, 2.24) is 9.78 Å². The molecule has 0 saturated carbocycles. The summed E-state index contributed by atoms with van der Waals surface area (Å²) in [5.41, 5.74) is 1.13. The maximum atomic E-state index is 4.47. The summed E-state index contributed by atoms with van der Waals surface area (Å²) in [6.45, 7) is 4.22.